The number of anilines is 1. The molecule has 0 spiro atoms. The second-order valence-electron chi connectivity index (χ2n) is 3.18. The molecule has 88 valence electrons. The van der Waals surface area contributed by atoms with Gasteiger partial charge in [0.2, 0.25) is 0 Å². The van der Waals surface area contributed by atoms with Crippen LogP contribution in [0, 0.1) is 0 Å². The summed E-state index contributed by atoms with van der Waals surface area (Å²) >= 11 is 11.2. The van der Waals surface area contributed by atoms with Crippen LogP contribution in [0.1, 0.15) is 10.4 Å². The highest BCUT2D eigenvalue weighted by Crippen LogP contribution is 2.21. The number of aliphatic hydroxyl groups is 1. The van der Waals surface area contributed by atoms with E-state index in [1.807, 2.05) is 0 Å². The summed E-state index contributed by atoms with van der Waals surface area (Å²) in [6.45, 7) is 0.171. The Morgan fingerprint density at radius 1 is 1.50 bits per heavy atom. The van der Waals surface area contributed by atoms with Crippen molar-refractivity contribution in [3.8, 4) is 0 Å². The maximum absolute atomic E-state index is 10.9. The number of benzene rings is 1. The van der Waals surface area contributed by atoms with Gasteiger partial charge >= 0.3 is 5.97 Å². The van der Waals surface area contributed by atoms with Crippen LogP contribution >= 0.6 is 23.2 Å². The molecule has 6 heteroatoms. The first-order valence-electron chi connectivity index (χ1n) is 4.55. The zero-order chi connectivity index (χ0) is 12.1. The molecule has 1 unspecified atom stereocenters. The van der Waals surface area contributed by atoms with Gasteiger partial charge in [0.1, 0.15) is 0 Å². The predicted molar refractivity (Wildman–Crippen MR) is 63.6 cm³/mol. The highest BCUT2D eigenvalue weighted by Gasteiger charge is 2.11. The molecule has 1 aromatic rings. The third-order valence-corrected chi connectivity index (χ3v) is 2.51. The number of nitrogens with one attached hydrogen (secondary N) is 1. The minimum absolute atomic E-state index is 0.0793. The molecular formula is C10H11Cl2NO3. The van der Waals surface area contributed by atoms with Crippen molar-refractivity contribution < 1.29 is 15.0 Å². The predicted octanol–water partition coefficient (Wildman–Crippen LogP) is 2.05. The van der Waals surface area contributed by atoms with Crippen molar-refractivity contribution >= 4 is 34.9 Å². The number of alkyl halides is 1. The summed E-state index contributed by atoms with van der Waals surface area (Å²) in [6, 6.07) is 4.39. The van der Waals surface area contributed by atoms with Gasteiger partial charge in [-0.1, -0.05) is 11.6 Å². The molecule has 0 aliphatic heterocycles. The molecular weight excluding hydrogens is 253 g/mol. The van der Waals surface area contributed by atoms with Crippen molar-refractivity contribution in [2.45, 2.75) is 6.10 Å². The normalized spacial score (nSPS) is 12.2. The number of carboxylic acids is 1. The molecule has 4 nitrogen and oxygen atoms in total. The van der Waals surface area contributed by atoms with E-state index in [0.29, 0.717) is 10.7 Å². The Bertz CT molecular complexity index is 384. The van der Waals surface area contributed by atoms with Gasteiger partial charge in [-0.2, -0.15) is 0 Å². The van der Waals surface area contributed by atoms with Crippen molar-refractivity contribution in [2.75, 3.05) is 17.7 Å². The summed E-state index contributed by atoms with van der Waals surface area (Å²) in [6.07, 6.45) is -0.734. The van der Waals surface area contributed by atoms with Gasteiger partial charge in [-0.15, -0.1) is 11.6 Å². The Morgan fingerprint density at radius 2 is 2.19 bits per heavy atom. The summed E-state index contributed by atoms with van der Waals surface area (Å²) in [4.78, 5) is 10.9. The van der Waals surface area contributed by atoms with Gasteiger partial charge in [0.05, 0.1) is 23.2 Å². The fourth-order valence-electron chi connectivity index (χ4n) is 1.13. The molecule has 0 aliphatic rings. The first-order chi connectivity index (χ1) is 7.54. The summed E-state index contributed by atoms with van der Waals surface area (Å²) < 4.78 is 0. The number of rotatable bonds is 5. The smallest absolute Gasteiger partial charge is 0.337 e. The number of carbonyl (C=O) groups is 1. The molecule has 1 aromatic carbocycles. The summed E-state index contributed by atoms with van der Waals surface area (Å²) in [5.41, 5.74) is 0.468. The van der Waals surface area contributed by atoms with E-state index in [4.69, 9.17) is 28.3 Å². The summed E-state index contributed by atoms with van der Waals surface area (Å²) in [5.74, 6) is -0.977. The minimum atomic E-state index is -1.06. The molecule has 1 rings (SSSR count). The van der Waals surface area contributed by atoms with Crippen LogP contribution in [0.2, 0.25) is 5.02 Å². The molecule has 0 bridgehead atoms. The average Bonchev–Trinajstić information content (AvgIpc) is 2.25. The van der Waals surface area contributed by atoms with E-state index in [2.05, 4.69) is 5.32 Å². The number of halogens is 2. The van der Waals surface area contributed by atoms with Gasteiger partial charge in [-0.05, 0) is 18.2 Å². The SMILES string of the molecule is O=C(O)c1ccc(Cl)cc1NCC(O)CCl. The van der Waals surface area contributed by atoms with Crippen LogP contribution in [0.25, 0.3) is 0 Å². The number of carboxylic acid groups (broad SMARTS) is 1. The van der Waals surface area contributed by atoms with Gasteiger partial charge in [-0.3, -0.25) is 0 Å². The molecule has 16 heavy (non-hydrogen) atoms. The van der Waals surface area contributed by atoms with E-state index in [-0.39, 0.29) is 18.0 Å². The maximum atomic E-state index is 10.9. The second kappa shape index (κ2) is 5.94. The fraction of sp³-hybridized carbons (Fsp3) is 0.300. The summed E-state index contributed by atoms with van der Waals surface area (Å²) in [7, 11) is 0. The van der Waals surface area contributed by atoms with Gasteiger partial charge in [0, 0.05) is 11.6 Å². The lowest BCUT2D eigenvalue weighted by Gasteiger charge is -2.12. The monoisotopic (exact) mass is 263 g/mol. The second-order valence-corrected chi connectivity index (χ2v) is 3.93. The van der Waals surface area contributed by atoms with E-state index < -0.39 is 12.1 Å². The number of aromatic carboxylic acids is 1. The largest absolute Gasteiger partial charge is 0.478 e. The van der Waals surface area contributed by atoms with Gasteiger partial charge in [-0.25, -0.2) is 4.79 Å². The Hall–Kier alpha value is -0.970. The van der Waals surface area contributed by atoms with Crippen LogP contribution in [-0.4, -0.2) is 34.7 Å². The van der Waals surface area contributed by atoms with Gasteiger partial charge in [0.15, 0.2) is 0 Å². The Morgan fingerprint density at radius 3 is 2.75 bits per heavy atom. The third-order valence-electron chi connectivity index (χ3n) is 1.92. The standard InChI is InChI=1S/C10H11Cl2NO3/c11-4-7(14)5-13-9-3-6(12)1-2-8(9)10(15)16/h1-3,7,13-14H,4-5H2,(H,15,16). The van der Waals surface area contributed by atoms with E-state index in [1.54, 1.807) is 0 Å². The Kier molecular flexibility index (Phi) is 4.86. The zero-order valence-corrected chi connectivity index (χ0v) is 9.79. The quantitative estimate of drug-likeness (QED) is 0.712. The number of aliphatic hydroxyl groups excluding tert-OH is 1. The molecule has 0 saturated heterocycles. The van der Waals surface area contributed by atoms with Crippen LogP contribution in [0.15, 0.2) is 18.2 Å². The van der Waals surface area contributed by atoms with Crippen molar-refractivity contribution in [1.29, 1.82) is 0 Å². The molecule has 0 amide bonds. The number of hydrogen-bond acceptors (Lipinski definition) is 3. The maximum Gasteiger partial charge on any atom is 0.337 e. The topological polar surface area (TPSA) is 69.6 Å². The first kappa shape index (κ1) is 13.1. The highest BCUT2D eigenvalue weighted by atomic mass is 35.5. The molecule has 0 radical (unpaired) electrons. The van der Waals surface area contributed by atoms with Gasteiger partial charge < -0.3 is 15.5 Å². The van der Waals surface area contributed by atoms with E-state index in [0.717, 1.165) is 0 Å². The average molecular weight is 264 g/mol. The summed E-state index contributed by atoms with van der Waals surface area (Å²) in [5, 5.41) is 21.4. The Balaban J connectivity index is 2.84. The molecule has 1 atom stereocenters. The van der Waals surface area contributed by atoms with Crippen LogP contribution in [0.4, 0.5) is 5.69 Å². The molecule has 0 fully saturated rings. The zero-order valence-electron chi connectivity index (χ0n) is 8.28. The lowest BCUT2D eigenvalue weighted by Crippen LogP contribution is -2.21. The van der Waals surface area contributed by atoms with Crippen molar-refractivity contribution in [2.24, 2.45) is 0 Å². The molecule has 0 saturated carbocycles. The van der Waals surface area contributed by atoms with E-state index in [1.165, 1.54) is 18.2 Å². The molecule has 3 N–H and O–H groups in total. The van der Waals surface area contributed by atoms with Crippen LogP contribution in [0.5, 0.6) is 0 Å². The van der Waals surface area contributed by atoms with Gasteiger partial charge in [0.25, 0.3) is 0 Å². The van der Waals surface area contributed by atoms with E-state index in [9.17, 15) is 9.90 Å². The number of hydrogen-bond donors (Lipinski definition) is 3. The van der Waals surface area contributed by atoms with Crippen LogP contribution < -0.4 is 5.32 Å². The lowest BCUT2D eigenvalue weighted by molar-refractivity contribution is 0.0697. The minimum Gasteiger partial charge on any atom is -0.478 e. The van der Waals surface area contributed by atoms with Crippen molar-refractivity contribution in [3.05, 3.63) is 28.8 Å². The first-order valence-corrected chi connectivity index (χ1v) is 5.46. The van der Waals surface area contributed by atoms with E-state index >= 15 is 0 Å². The molecule has 0 heterocycles. The fourth-order valence-corrected chi connectivity index (χ4v) is 1.41. The van der Waals surface area contributed by atoms with Crippen molar-refractivity contribution in [1.82, 2.24) is 0 Å². The molecule has 0 aromatic heterocycles. The highest BCUT2D eigenvalue weighted by molar-refractivity contribution is 6.31. The molecule has 0 aliphatic carbocycles. The van der Waals surface area contributed by atoms with Crippen molar-refractivity contribution in [3.63, 3.8) is 0 Å². The lowest BCUT2D eigenvalue weighted by atomic mass is 10.1. The van der Waals surface area contributed by atoms with Crippen LogP contribution in [-0.2, 0) is 0 Å². The van der Waals surface area contributed by atoms with Crippen LogP contribution in [0.3, 0.4) is 0 Å². The Labute approximate surface area is 103 Å². The third kappa shape index (κ3) is 3.56.